The Morgan fingerprint density at radius 2 is 1.65 bits per heavy atom. The summed E-state index contributed by atoms with van der Waals surface area (Å²) in [4.78, 5) is 31.4. The van der Waals surface area contributed by atoms with E-state index in [2.05, 4.69) is 15.8 Å². The van der Waals surface area contributed by atoms with Crippen LogP contribution in [0, 0.1) is 20.2 Å². The fourth-order valence-electron chi connectivity index (χ4n) is 2.09. The molecule has 0 aliphatic heterocycles. The van der Waals surface area contributed by atoms with E-state index in [4.69, 9.17) is 0 Å². The molecule has 0 radical (unpaired) electrons. The fraction of sp³-hybridized carbons (Fsp3) is 0.125. The number of anilines is 2. The molecule has 2 aromatic carbocycles. The van der Waals surface area contributed by atoms with E-state index in [0.29, 0.717) is 11.4 Å². The molecule has 2 N–H and O–H groups in total. The molecule has 1 amide bonds. The van der Waals surface area contributed by atoms with Crippen molar-refractivity contribution in [3.05, 3.63) is 68.3 Å². The van der Waals surface area contributed by atoms with Crippen LogP contribution in [0.5, 0.6) is 0 Å². The Morgan fingerprint density at radius 1 is 1.00 bits per heavy atom. The first-order chi connectivity index (χ1) is 12.3. The van der Waals surface area contributed by atoms with Crippen LogP contribution in [0.1, 0.15) is 19.4 Å². The fourth-order valence-corrected chi connectivity index (χ4v) is 2.09. The van der Waals surface area contributed by atoms with Gasteiger partial charge in [0.25, 0.3) is 5.69 Å². The molecule has 0 saturated carbocycles. The summed E-state index contributed by atoms with van der Waals surface area (Å²) < 4.78 is 0. The zero-order valence-electron chi connectivity index (χ0n) is 13.9. The third kappa shape index (κ3) is 4.60. The van der Waals surface area contributed by atoms with Gasteiger partial charge in [0.05, 0.1) is 21.6 Å². The molecule has 0 aliphatic rings. The van der Waals surface area contributed by atoms with Gasteiger partial charge in [-0.1, -0.05) is 12.1 Å². The number of benzene rings is 2. The van der Waals surface area contributed by atoms with Gasteiger partial charge in [-0.25, -0.2) is 0 Å². The number of carbonyl (C=O) groups is 1. The van der Waals surface area contributed by atoms with Gasteiger partial charge in [-0.05, 0) is 30.7 Å². The predicted molar refractivity (Wildman–Crippen MR) is 96.3 cm³/mol. The number of amides is 1. The molecule has 0 fully saturated rings. The van der Waals surface area contributed by atoms with Gasteiger partial charge in [-0.15, -0.1) is 0 Å². The van der Waals surface area contributed by atoms with Gasteiger partial charge in [-0.2, -0.15) is 5.10 Å². The number of carbonyl (C=O) groups excluding carboxylic acids is 1. The zero-order valence-corrected chi connectivity index (χ0v) is 13.9. The minimum atomic E-state index is -0.720. The summed E-state index contributed by atoms with van der Waals surface area (Å²) >= 11 is 0. The molecular weight excluding hydrogens is 342 g/mol. The molecule has 0 aromatic heterocycles. The lowest BCUT2D eigenvalue weighted by Gasteiger charge is -2.06. The monoisotopic (exact) mass is 357 g/mol. The summed E-state index contributed by atoms with van der Waals surface area (Å²) in [6.45, 7) is 3.10. The minimum absolute atomic E-state index is 0.0369. The average Bonchev–Trinajstić information content (AvgIpc) is 2.59. The largest absolute Gasteiger partial charge is 0.326 e. The number of non-ortho nitro benzene ring substituents is 1. The third-order valence-electron chi connectivity index (χ3n) is 3.36. The first-order valence-electron chi connectivity index (χ1n) is 7.39. The van der Waals surface area contributed by atoms with Crippen molar-refractivity contribution in [1.82, 2.24) is 0 Å². The van der Waals surface area contributed by atoms with E-state index in [1.165, 1.54) is 13.0 Å². The van der Waals surface area contributed by atoms with Crippen molar-refractivity contribution in [3.63, 3.8) is 0 Å². The molecule has 0 saturated heterocycles. The Kier molecular flexibility index (Phi) is 5.58. The average molecular weight is 357 g/mol. The van der Waals surface area contributed by atoms with Crippen molar-refractivity contribution in [3.8, 4) is 0 Å². The van der Waals surface area contributed by atoms with E-state index in [-0.39, 0.29) is 17.3 Å². The second-order valence-corrected chi connectivity index (χ2v) is 5.28. The number of nitro benzene ring substituents is 2. The summed E-state index contributed by atoms with van der Waals surface area (Å²) in [6, 6.07) is 10.1. The molecule has 0 heterocycles. The molecule has 2 aromatic rings. The summed E-state index contributed by atoms with van der Waals surface area (Å²) in [5, 5.41) is 28.6. The van der Waals surface area contributed by atoms with Crippen LogP contribution in [0.4, 0.5) is 22.7 Å². The number of nitrogens with zero attached hydrogens (tertiary/aromatic N) is 3. The third-order valence-corrected chi connectivity index (χ3v) is 3.36. The van der Waals surface area contributed by atoms with Crippen LogP contribution in [0.25, 0.3) is 0 Å². The highest BCUT2D eigenvalue weighted by Gasteiger charge is 2.19. The number of nitrogens with one attached hydrogen (secondary N) is 2. The van der Waals surface area contributed by atoms with Gasteiger partial charge in [0.2, 0.25) is 5.91 Å². The Bertz CT molecular complexity index is 892. The number of rotatable bonds is 6. The van der Waals surface area contributed by atoms with E-state index in [1.807, 2.05) is 0 Å². The summed E-state index contributed by atoms with van der Waals surface area (Å²) in [7, 11) is 0. The van der Waals surface area contributed by atoms with Gasteiger partial charge in [0.15, 0.2) is 0 Å². The maximum Gasteiger partial charge on any atom is 0.301 e. The molecule has 0 bridgehead atoms. The molecule has 134 valence electrons. The molecular formula is C16H15N5O5. The highest BCUT2D eigenvalue weighted by Crippen LogP contribution is 2.29. The first-order valence-corrected chi connectivity index (χ1v) is 7.39. The normalized spacial score (nSPS) is 10.9. The lowest BCUT2D eigenvalue weighted by Crippen LogP contribution is -2.06. The highest BCUT2D eigenvalue weighted by atomic mass is 16.6. The maximum atomic E-state index is 11.1. The summed E-state index contributed by atoms with van der Waals surface area (Å²) in [5.41, 5.74) is 3.67. The van der Waals surface area contributed by atoms with Crippen molar-refractivity contribution < 1.29 is 14.6 Å². The lowest BCUT2D eigenvalue weighted by atomic mass is 10.1. The van der Waals surface area contributed by atoms with Crippen LogP contribution >= 0.6 is 0 Å². The van der Waals surface area contributed by atoms with Gasteiger partial charge in [0, 0.05) is 18.7 Å². The van der Waals surface area contributed by atoms with E-state index >= 15 is 0 Å². The maximum absolute atomic E-state index is 11.1. The van der Waals surface area contributed by atoms with Crippen LogP contribution in [-0.4, -0.2) is 21.5 Å². The smallest absolute Gasteiger partial charge is 0.301 e. The van der Waals surface area contributed by atoms with Crippen molar-refractivity contribution in [2.24, 2.45) is 5.10 Å². The first kappa shape index (κ1) is 18.5. The molecule has 0 atom stereocenters. The van der Waals surface area contributed by atoms with Crippen LogP contribution < -0.4 is 10.7 Å². The SMILES string of the molecule is CC(=O)Nc1ccc(/C(C)=N\Nc2ccc([N+](=O)[O-])cc2[N+](=O)[O-])cc1. The molecule has 10 nitrogen and oxygen atoms in total. The number of hydrazone groups is 1. The Labute approximate surface area is 147 Å². The molecule has 26 heavy (non-hydrogen) atoms. The van der Waals surface area contributed by atoms with Crippen molar-refractivity contribution >= 4 is 34.4 Å². The van der Waals surface area contributed by atoms with Crippen LogP contribution in [0.3, 0.4) is 0 Å². The van der Waals surface area contributed by atoms with Gasteiger partial charge >= 0.3 is 5.69 Å². The predicted octanol–water partition coefficient (Wildman–Crippen LogP) is 3.30. The van der Waals surface area contributed by atoms with Crippen molar-refractivity contribution in [1.29, 1.82) is 0 Å². The molecule has 10 heteroatoms. The van der Waals surface area contributed by atoms with E-state index in [0.717, 1.165) is 17.7 Å². The van der Waals surface area contributed by atoms with E-state index in [1.54, 1.807) is 31.2 Å². The van der Waals surface area contributed by atoms with Crippen LogP contribution in [0.15, 0.2) is 47.6 Å². The van der Waals surface area contributed by atoms with E-state index < -0.39 is 15.5 Å². The molecule has 0 aliphatic carbocycles. The standard InChI is InChI=1S/C16H15N5O5/c1-10(12-3-5-13(6-4-12)17-11(2)22)18-19-15-8-7-14(20(23)24)9-16(15)21(25)26/h3-9,19H,1-2H3,(H,17,22)/b18-10-. The van der Waals surface area contributed by atoms with E-state index in [9.17, 15) is 25.0 Å². The molecule has 2 rings (SSSR count). The van der Waals surface area contributed by atoms with Crippen molar-refractivity contribution in [2.45, 2.75) is 13.8 Å². The van der Waals surface area contributed by atoms with Crippen molar-refractivity contribution in [2.75, 3.05) is 10.7 Å². The summed E-state index contributed by atoms with van der Waals surface area (Å²) in [6.07, 6.45) is 0. The zero-order chi connectivity index (χ0) is 19.3. The number of hydrogen-bond donors (Lipinski definition) is 2. The highest BCUT2D eigenvalue weighted by molar-refractivity contribution is 5.99. The van der Waals surface area contributed by atoms with Gasteiger partial charge in [-0.3, -0.25) is 30.4 Å². The molecule has 0 spiro atoms. The van der Waals surface area contributed by atoms with Gasteiger partial charge in [0.1, 0.15) is 5.69 Å². The number of hydrogen-bond acceptors (Lipinski definition) is 7. The van der Waals surface area contributed by atoms with Crippen LogP contribution in [-0.2, 0) is 4.79 Å². The number of nitro groups is 2. The second kappa shape index (κ2) is 7.83. The Morgan fingerprint density at radius 3 is 2.19 bits per heavy atom. The Hall–Kier alpha value is -3.82. The van der Waals surface area contributed by atoms with Crippen LogP contribution in [0.2, 0.25) is 0 Å². The molecule has 0 unspecified atom stereocenters. The second-order valence-electron chi connectivity index (χ2n) is 5.28. The lowest BCUT2D eigenvalue weighted by molar-refractivity contribution is -0.393. The quantitative estimate of drug-likeness (QED) is 0.462. The minimum Gasteiger partial charge on any atom is -0.326 e. The van der Waals surface area contributed by atoms with Gasteiger partial charge < -0.3 is 5.32 Å². The topological polar surface area (TPSA) is 140 Å². The summed E-state index contributed by atoms with van der Waals surface area (Å²) in [5.74, 6) is -0.185. The Balaban J connectivity index is 2.21.